The van der Waals surface area contributed by atoms with Gasteiger partial charge in [-0.2, -0.15) is 0 Å². The molecular weight excluding hydrogens is 645 g/mol. The second kappa shape index (κ2) is 12.4. The van der Waals surface area contributed by atoms with E-state index in [0.717, 1.165) is 28.3 Å². The van der Waals surface area contributed by atoms with E-state index in [-0.39, 0.29) is 0 Å². The van der Waals surface area contributed by atoms with Gasteiger partial charge in [-0.1, -0.05) is 176 Å². The van der Waals surface area contributed by atoms with Gasteiger partial charge in [0, 0.05) is 16.7 Å². The summed E-state index contributed by atoms with van der Waals surface area (Å²) in [5.74, 6) is 0.777. The molecule has 0 bridgehead atoms. The van der Waals surface area contributed by atoms with E-state index in [1.807, 2.05) is 0 Å². The summed E-state index contributed by atoms with van der Waals surface area (Å²) in [6.07, 6.45) is 0. The Balaban J connectivity index is 1.11. The Kier molecular flexibility index (Phi) is 7.26. The summed E-state index contributed by atoms with van der Waals surface area (Å²) >= 11 is 0. The summed E-state index contributed by atoms with van der Waals surface area (Å²) in [5.41, 5.74) is 12.8. The maximum atomic E-state index is 5.51. The van der Waals surface area contributed by atoms with Gasteiger partial charge < -0.3 is 0 Å². The molecule has 0 N–H and O–H groups in total. The zero-order chi connectivity index (χ0) is 34.6. The Labute approximate surface area is 305 Å². The first-order chi connectivity index (χ1) is 25.7. The largest absolute Gasteiger partial charge is 0.228 e. The van der Waals surface area contributed by atoms with Gasteiger partial charge in [-0.05, 0) is 77.4 Å². The molecule has 52 heavy (non-hydrogen) atoms. The van der Waals surface area contributed by atoms with Gasteiger partial charge in [0.15, 0.2) is 5.82 Å². The molecule has 1 aliphatic rings. The highest BCUT2D eigenvalue weighted by atomic mass is 28.3. The maximum absolute atomic E-state index is 5.51. The smallest absolute Gasteiger partial charge is 0.161 e. The fraction of sp³-hybridized carbons (Fsp3) is 0.0204. The van der Waals surface area contributed by atoms with Gasteiger partial charge in [-0.25, -0.2) is 9.97 Å². The first-order valence-corrected chi connectivity index (χ1v) is 20.3. The van der Waals surface area contributed by atoms with E-state index in [4.69, 9.17) is 9.97 Å². The highest BCUT2D eigenvalue weighted by molar-refractivity contribution is 6.91. The third-order valence-electron chi connectivity index (χ3n) is 10.7. The lowest BCUT2D eigenvalue weighted by molar-refractivity contribution is 1.21. The van der Waals surface area contributed by atoms with E-state index in [2.05, 4.69) is 189 Å². The Bertz CT molecular complexity index is 2800. The quantitative estimate of drug-likeness (QED) is 0.169. The Hall–Kier alpha value is -6.42. The van der Waals surface area contributed by atoms with Gasteiger partial charge >= 0.3 is 0 Å². The van der Waals surface area contributed by atoms with Crippen LogP contribution in [0.1, 0.15) is 0 Å². The third-order valence-corrected chi connectivity index (χ3v) is 13.6. The molecule has 0 saturated heterocycles. The van der Waals surface area contributed by atoms with Crippen LogP contribution in [0.3, 0.4) is 0 Å². The first-order valence-electron chi connectivity index (χ1n) is 18.0. The molecule has 0 aliphatic carbocycles. The minimum Gasteiger partial charge on any atom is -0.228 e. The summed E-state index contributed by atoms with van der Waals surface area (Å²) in [6.45, 7) is 2.46. The van der Waals surface area contributed by atoms with Crippen LogP contribution in [0.4, 0.5) is 0 Å². The number of benzene rings is 8. The summed E-state index contributed by atoms with van der Waals surface area (Å²) in [4.78, 5) is 10.9. The molecule has 244 valence electrons. The van der Waals surface area contributed by atoms with Crippen LogP contribution in [0.15, 0.2) is 182 Å². The minimum absolute atomic E-state index is 0.777. The summed E-state index contributed by atoms with van der Waals surface area (Å²) in [5, 5.41) is 7.79. The minimum atomic E-state index is -1.66. The number of hydrogen-bond donors (Lipinski definition) is 0. The number of hydrogen-bond acceptors (Lipinski definition) is 2. The predicted octanol–water partition coefficient (Wildman–Crippen LogP) is 11.1. The molecule has 1 atom stereocenters. The monoisotopic (exact) mass is 678 g/mol. The second-order valence-electron chi connectivity index (χ2n) is 13.8. The van der Waals surface area contributed by atoms with E-state index in [0.29, 0.717) is 0 Å². The molecule has 10 rings (SSSR count). The predicted molar refractivity (Wildman–Crippen MR) is 222 cm³/mol. The summed E-state index contributed by atoms with van der Waals surface area (Å²) in [7, 11) is -1.66. The lowest BCUT2D eigenvalue weighted by Crippen LogP contribution is -2.37. The molecule has 1 aromatic heterocycles. The molecule has 2 nitrogen and oxygen atoms in total. The van der Waals surface area contributed by atoms with Crippen LogP contribution in [0.2, 0.25) is 6.55 Å². The molecule has 8 aromatic carbocycles. The number of rotatable bonds is 5. The third kappa shape index (κ3) is 5.09. The van der Waals surface area contributed by atoms with Gasteiger partial charge in [0.25, 0.3) is 0 Å². The van der Waals surface area contributed by atoms with Crippen LogP contribution in [0.25, 0.3) is 88.8 Å². The highest BCUT2D eigenvalue weighted by Crippen LogP contribution is 2.36. The SMILES string of the molecule is C[SiH]1c2c(-c3cccc(-c4cccc(-c5ccc(-c6ccccc6)cc5)c4)c3)nc(-c3cccc4ccccc34)nc2-c2ccc3ccccc3c21. The van der Waals surface area contributed by atoms with Crippen LogP contribution in [-0.4, -0.2) is 18.8 Å². The normalized spacial score (nSPS) is 13.3. The van der Waals surface area contributed by atoms with Gasteiger partial charge in [0.1, 0.15) is 8.80 Å². The summed E-state index contributed by atoms with van der Waals surface area (Å²) < 4.78 is 0. The number of nitrogens with zero attached hydrogens (tertiary/aromatic N) is 2. The fourth-order valence-corrected chi connectivity index (χ4v) is 11.2. The van der Waals surface area contributed by atoms with Crippen LogP contribution >= 0.6 is 0 Å². The lowest BCUT2D eigenvalue weighted by Gasteiger charge is -2.15. The van der Waals surface area contributed by atoms with E-state index in [1.54, 1.807) is 0 Å². The van der Waals surface area contributed by atoms with Crippen LogP contribution in [0.5, 0.6) is 0 Å². The number of fused-ring (bicyclic) bond motifs is 6. The van der Waals surface area contributed by atoms with Gasteiger partial charge in [-0.15, -0.1) is 0 Å². The molecule has 0 fully saturated rings. The molecule has 2 heterocycles. The standard InChI is InChI=1S/C49H34N2Si/c1-52-47-42-22-8-6-15-36(42)28-29-44(47)46-48(52)45(50-49(51-46)43-23-11-16-35-14-5-7-21-41(35)43)40-20-10-19-39(31-40)38-18-9-17-37(30-38)34-26-24-33(25-27-34)32-12-3-2-4-13-32/h2-31,52H,1H3. The van der Waals surface area contributed by atoms with Crippen molar-refractivity contribution in [2.24, 2.45) is 0 Å². The highest BCUT2D eigenvalue weighted by Gasteiger charge is 2.34. The Morgan fingerprint density at radius 1 is 0.346 bits per heavy atom. The van der Waals surface area contributed by atoms with E-state index in [1.165, 1.54) is 70.9 Å². The van der Waals surface area contributed by atoms with Crippen molar-refractivity contribution in [2.75, 3.05) is 0 Å². The van der Waals surface area contributed by atoms with E-state index >= 15 is 0 Å². The molecule has 0 radical (unpaired) electrons. The van der Waals surface area contributed by atoms with Gasteiger partial charge in [-0.3, -0.25) is 0 Å². The molecule has 0 amide bonds. The zero-order valence-corrected chi connectivity index (χ0v) is 29.9. The van der Waals surface area contributed by atoms with E-state index < -0.39 is 8.80 Å². The Morgan fingerprint density at radius 2 is 0.846 bits per heavy atom. The van der Waals surface area contributed by atoms with Crippen molar-refractivity contribution in [1.82, 2.24) is 9.97 Å². The molecule has 1 aliphatic heterocycles. The molecular formula is C49H34N2Si. The average Bonchev–Trinajstić information content (AvgIpc) is 3.52. The van der Waals surface area contributed by atoms with Crippen molar-refractivity contribution in [2.45, 2.75) is 6.55 Å². The molecule has 1 unspecified atom stereocenters. The van der Waals surface area contributed by atoms with Crippen molar-refractivity contribution in [3.63, 3.8) is 0 Å². The molecule has 0 spiro atoms. The van der Waals surface area contributed by atoms with Gasteiger partial charge in [0.2, 0.25) is 0 Å². The lowest BCUT2D eigenvalue weighted by atomic mass is 9.96. The van der Waals surface area contributed by atoms with Crippen LogP contribution in [-0.2, 0) is 0 Å². The van der Waals surface area contributed by atoms with Crippen molar-refractivity contribution >= 4 is 40.7 Å². The van der Waals surface area contributed by atoms with Crippen molar-refractivity contribution in [1.29, 1.82) is 0 Å². The molecule has 9 aromatic rings. The van der Waals surface area contributed by atoms with Crippen LogP contribution < -0.4 is 10.4 Å². The zero-order valence-electron chi connectivity index (χ0n) is 28.8. The maximum Gasteiger partial charge on any atom is 0.161 e. The second-order valence-corrected chi connectivity index (χ2v) is 16.4. The van der Waals surface area contributed by atoms with Crippen LogP contribution in [0, 0.1) is 0 Å². The molecule has 0 saturated carbocycles. The van der Waals surface area contributed by atoms with Crippen molar-refractivity contribution in [3.8, 4) is 67.3 Å². The summed E-state index contributed by atoms with van der Waals surface area (Å²) in [6, 6.07) is 65.6. The van der Waals surface area contributed by atoms with E-state index in [9.17, 15) is 0 Å². The number of aromatic nitrogens is 2. The van der Waals surface area contributed by atoms with Crippen molar-refractivity contribution < 1.29 is 0 Å². The van der Waals surface area contributed by atoms with Gasteiger partial charge in [0.05, 0.1) is 11.4 Å². The first kappa shape index (κ1) is 30.4. The topological polar surface area (TPSA) is 25.8 Å². The average molecular weight is 679 g/mol. The van der Waals surface area contributed by atoms with Crippen molar-refractivity contribution in [3.05, 3.63) is 182 Å². The molecule has 3 heteroatoms. The fourth-order valence-electron chi connectivity index (χ4n) is 8.17. The Morgan fingerprint density at radius 3 is 1.60 bits per heavy atom.